The molecule has 4 aromatic rings. The second kappa shape index (κ2) is 11.1. The normalized spacial score (nSPS) is 37.7. The molecule has 0 amide bonds. The van der Waals surface area contributed by atoms with Crippen LogP contribution < -0.4 is 11.3 Å². The van der Waals surface area contributed by atoms with E-state index >= 15 is 0 Å². The zero-order chi connectivity index (χ0) is 31.9. The number of aromatic amines is 1. The number of nitrogens with one attached hydrogen (secondary N) is 1. The number of rotatable bonds is 2. The molecule has 19 nitrogen and oxygen atoms in total. The molecular weight excluding hydrogens is 685 g/mol. The Bertz CT molecular complexity index is 1960. The number of nitrogens with zero attached hydrogens (tertiary/aromatic N) is 6. The molecule has 3 unspecified atom stereocenters. The number of aromatic nitrogens is 7. The Hall–Kier alpha value is -2.40. The average molecular weight is 709 g/mol. The summed E-state index contributed by atoms with van der Waals surface area (Å²) in [5, 5.41) is 22.3. The van der Waals surface area contributed by atoms with Crippen LogP contribution in [0, 0.1) is 5.82 Å². The van der Waals surface area contributed by atoms with E-state index in [0.29, 0.717) is 0 Å². The minimum atomic E-state index is -4.36. The van der Waals surface area contributed by atoms with Crippen LogP contribution in [0.1, 0.15) is 6.23 Å². The zero-order valence-corrected chi connectivity index (χ0v) is 25.8. The van der Waals surface area contributed by atoms with Crippen molar-refractivity contribution in [1.82, 2.24) is 34.1 Å². The lowest BCUT2D eigenvalue weighted by molar-refractivity contribution is -0.101. The molecule has 0 radical (unpaired) electrons. The van der Waals surface area contributed by atoms with Gasteiger partial charge in [0.15, 0.2) is 29.2 Å². The predicted octanol–water partition coefficient (Wildman–Crippen LogP) is -1.16. The molecule has 242 valence electrons. The highest BCUT2D eigenvalue weighted by atomic mass is 32.5. The summed E-state index contributed by atoms with van der Waals surface area (Å²) in [6.45, 7) is -10.2. The number of nitrogen functional groups attached to an aromatic ring is 1. The molecule has 2 bridgehead atoms. The summed E-state index contributed by atoms with van der Waals surface area (Å²) >= 11 is 10.5. The van der Waals surface area contributed by atoms with Crippen molar-refractivity contribution < 1.29 is 52.0 Å². The Morgan fingerprint density at radius 3 is 2.64 bits per heavy atom. The van der Waals surface area contributed by atoms with Crippen molar-refractivity contribution in [2.75, 3.05) is 25.6 Å². The van der Waals surface area contributed by atoms with Crippen molar-refractivity contribution in [3.05, 3.63) is 41.3 Å². The Morgan fingerprint density at radius 2 is 1.84 bits per heavy atom. The van der Waals surface area contributed by atoms with E-state index in [9.17, 15) is 29.2 Å². The summed E-state index contributed by atoms with van der Waals surface area (Å²) in [5.41, 5.74) is 3.26. The molecule has 3 saturated heterocycles. The molecule has 4 aromatic heterocycles. The maximum atomic E-state index is 14.7. The van der Waals surface area contributed by atoms with Crippen LogP contribution in [0.2, 0.25) is 0 Å². The van der Waals surface area contributed by atoms with Gasteiger partial charge >= 0.3 is 13.4 Å². The monoisotopic (exact) mass is 708 g/mol. The Labute approximate surface area is 260 Å². The van der Waals surface area contributed by atoms with E-state index in [1.807, 2.05) is 0 Å². The number of halogens is 1. The van der Waals surface area contributed by atoms with Gasteiger partial charge in [-0.2, -0.15) is 0 Å². The minimum Gasteiger partial charge on any atom is -0.386 e. The van der Waals surface area contributed by atoms with Crippen LogP contribution >= 0.6 is 13.4 Å². The van der Waals surface area contributed by atoms with E-state index in [4.69, 9.17) is 56.9 Å². The molecule has 0 saturated carbocycles. The number of anilines is 1. The van der Waals surface area contributed by atoms with Crippen molar-refractivity contribution >= 4 is 65.1 Å². The van der Waals surface area contributed by atoms with Gasteiger partial charge in [0.2, 0.25) is 5.72 Å². The van der Waals surface area contributed by atoms with Crippen LogP contribution in [0.15, 0.2) is 30.0 Å². The molecule has 3 aliphatic rings. The largest absolute Gasteiger partial charge is 0.386 e. The molecule has 24 heteroatoms. The fourth-order valence-corrected chi connectivity index (χ4v) is 8.55. The number of aliphatic hydroxyl groups excluding tert-OH is 2. The number of hydrogen-bond donors (Lipinski definition) is 6. The third kappa shape index (κ3) is 5.24. The Balaban J connectivity index is 1.26. The fourth-order valence-electron chi connectivity index (χ4n) is 5.50. The number of imidazole rings is 1. The lowest BCUT2D eigenvalue weighted by Crippen LogP contribution is -2.48. The lowest BCUT2D eigenvalue weighted by Gasteiger charge is -2.35. The summed E-state index contributed by atoms with van der Waals surface area (Å²) in [7, 11) is 0. The van der Waals surface area contributed by atoms with E-state index in [2.05, 4.69) is 24.9 Å². The topological polar surface area (TPSA) is 257 Å². The number of aliphatic hydroxyl groups is 2. The number of nitrogens with two attached hydrogens (primary N) is 1. The fraction of sp³-hybridized carbons (Fsp3) is 0.476. The van der Waals surface area contributed by atoms with Crippen molar-refractivity contribution in [2.45, 2.75) is 42.5 Å². The smallest absolute Gasteiger partial charge is 0.326 e. The highest BCUT2D eigenvalue weighted by molar-refractivity contribution is 8.07. The zero-order valence-electron chi connectivity index (χ0n) is 22.4. The highest BCUT2D eigenvalue weighted by Gasteiger charge is 2.57. The minimum absolute atomic E-state index is 0.0265. The molecule has 3 aliphatic heterocycles. The molecule has 7 heterocycles. The van der Waals surface area contributed by atoms with Gasteiger partial charge in [-0.25, -0.2) is 24.3 Å². The van der Waals surface area contributed by atoms with E-state index in [-0.39, 0.29) is 28.0 Å². The van der Waals surface area contributed by atoms with Crippen LogP contribution in [-0.4, -0.2) is 104 Å². The summed E-state index contributed by atoms with van der Waals surface area (Å²) in [6.07, 6.45) is -4.50. The average Bonchev–Trinajstić information content (AvgIpc) is 3.72. The SMILES string of the molecule is Nc1ncnc2c1ncn2[C@]12CO[C@H](COP(O)(=S)O[C@@H]3C(COP(O)(=S)O1)O[C@@H](n1cc(F)c4c(=O)[nH]cnc41)[C@@H]3O)[C@H]2O. The molecule has 0 aromatic carbocycles. The third-order valence-corrected chi connectivity index (χ3v) is 10.7. The van der Waals surface area contributed by atoms with E-state index < -0.39 is 87.1 Å². The number of hydrogen-bond acceptors (Lipinski definition) is 16. The van der Waals surface area contributed by atoms with Crippen LogP contribution in [0.5, 0.6) is 0 Å². The summed E-state index contributed by atoms with van der Waals surface area (Å²) in [6, 6.07) is 0. The number of ether oxygens (including phenoxy) is 2. The summed E-state index contributed by atoms with van der Waals surface area (Å²) in [5.74, 6) is -0.915. The van der Waals surface area contributed by atoms with E-state index in [1.54, 1.807) is 0 Å². The van der Waals surface area contributed by atoms with Gasteiger partial charge in [-0.1, -0.05) is 0 Å². The van der Waals surface area contributed by atoms with E-state index in [0.717, 1.165) is 23.4 Å². The molecule has 0 spiro atoms. The van der Waals surface area contributed by atoms with Gasteiger partial charge in [-0.3, -0.25) is 18.4 Å². The first-order valence-electron chi connectivity index (χ1n) is 12.9. The van der Waals surface area contributed by atoms with Crippen LogP contribution in [0.4, 0.5) is 10.2 Å². The van der Waals surface area contributed by atoms with Gasteiger partial charge < -0.3 is 53.8 Å². The van der Waals surface area contributed by atoms with Crippen molar-refractivity contribution in [3.63, 3.8) is 0 Å². The second-order valence-corrected chi connectivity index (χ2v) is 15.8. The van der Waals surface area contributed by atoms with Gasteiger partial charge in [0.1, 0.15) is 47.8 Å². The first-order chi connectivity index (χ1) is 21.3. The second-order valence-electron chi connectivity index (χ2n) is 10.2. The molecule has 3 fully saturated rings. The summed E-state index contributed by atoms with van der Waals surface area (Å²) < 4.78 is 51.4. The number of H-pyrrole nitrogens is 1. The van der Waals surface area contributed by atoms with Crippen molar-refractivity contribution in [1.29, 1.82) is 0 Å². The van der Waals surface area contributed by atoms with E-state index in [1.165, 1.54) is 10.9 Å². The predicted molar refractivity (Wildman–Crippen MR) is 155 cm³/mol. The van der Waals surface area contributed by atoms with Crippen molar-refractivity contribution in [2.24, 2.45) is 0 Å². The van der Waals surface area contributed by atoms with Gasteiger partial charge in [-0.05, 0) is 23.6 Å². The Kier molecular flexibility index (Phi) is 7.70. The van der Waals surface area contributed by atoms with Crippen LogP contribution in [0.25, 0.3) is 22.2 Å². The van der Waals surface area contributed by atoms with Crippen molar-refractivity contribution in [3.8, 4) is 0 Å². The maximum Gasteiger partial charge on any atom is 0.326 e. The van der Waals surface area contributed by atoms with Gasteiger partial charge in [0.05, 0.1) is 32.5 Å². The van der Waals surface area contributed by atoms with Gasteiger partial charge in [0, 0.05) is 6.20 Å². The Morgan fingerprint density at radius 1 is 1.09 bits per heavy atom. The maximum absolute atomic E-state index is 14.7. The summed E-state index contributed by atoms with van der Waals surface area (Å²) in [4.78, 5) is 52.9. The molecule has 7 N–H and O–H groups in total. The van der Waals surface area contributed by atoms with Crippen LogP contribution in [0.3, 0.4) is 0 Å². The number of fused-ring (bicyclic) bond motifs is 5. The molecular formula is C21H23FN8O11P2S2. The molecule has 0 aliphatic carbocycles. The molecule has 7 rings (SSSR count). The first kappa shape index (κ1) is 31.2. The quantitative estimate of drug-likeness (QED) is 0.134. The third-order valence-electron chi connectivity index (χ3n) is 7.57. The lowest BCUT2D eigenvalue weighted by atomic mass is 10.1. The molecule has 9 atom stereocenters. The molecule has 45 heavy (non-hydrogen) atoms. The highest BCUT2D eigenvalue weighted by Crippen LogP contribution is 2.55. The van der Waals surface area contributed by atoms with Crippen LogP contribution in [-0.2, 0) is 56.9 Å². The standard InChI is InChI=1S/C21H23FN8O11P2S2/c22-8-1-29(17-11(8)19(33)27-6-25-17)20-13(31)14-9(39-20)2-38-43(35,45)41-21(30-7-28-12-16(23)24-5-26-18(12)30)4-36-10(15(21)32)3-37-42(34,44)40-14/h1,5-7,9-10,13-15,20,31-32H,2-4H2,(H,34,44)(H,35,45)(H2,23,24,26)(H,25,27,33)/t9?,10-,13-,14-,15-,20-,21-,42?,43?/m1/s1. The first-order valence-corrected chi connectivity index (χ1v) is 18.1. The van der Waals surface area contributed by atoms with Gasteiger partial charge in [0.25, 0.3) is 5.56 Å². The van der Waals surface area contributed by atoms with Gasteiger partial charge in [-0.15, -0.1) is 0 Å².